The Hall–Kier alpha value is -7.40. The Morgan fingerprint density at radius 1 is 0.836 bits per heavy atom. The molecule has 1 aromatic heterocycles. The molecule has 4 aromatic carbocycles. The number of fused-ring (bicyclic) bond motifs is 1. The van der Waals surface area contributed by atoms with Crippen molar-refractivity contribution < 1.29 is 38.1 Å². The van der Waals surface area contributed by atoms with E-state index >= 15 is 0 Å². The summed E-state index contributed by atoms with van der Waals surface area (Å²) in [4.78, 5) is 56.5. The maximum Gasteiger partial charge on any atom is 0.255 e. The van der Waals surface area contributed by atoms with Crippen molar-refractivity contribution in [2.45, 2.75) is 64.6 Å². The number of nitrogens with one attached hydrogen (secondary N) is 1. The molecule has 5 aromatic rings. The van der Waals surface area contributed by atoms with Crippen LogP contribution in [-0.2, 0) is 27.5 Å². The van der Waals surface area contributed by atoms with E-state index in [9.17, 15) is 19.2 Å². The first-order valence-electron chi connectivity index (χ1n) is 22.6. The molecule has 3 amide bonds. The van der Waals surface area contributed by atoms with Crippen LogP contribution in [0.15, 0.2) is 95.2 Å². The number of imide groups is 1. The lowest BCUT2D eigenvalue weighted by Gasteiger charge is -2.36. The number of anilines is 2. The highest BCUT2D eigenvalue weighted by Gasteiger charge is 2.40. The normalized spacial score (nSPS) is 16.3. The summed E-state index contributed by atoms with van der Waals surface area (Å²) in [5, 5.41) is 19.8. The Kier molecular flexibility index (Phi) is 14.7. The van der Waals surface area contributed by atoms with Crippen molar-refractivity contribution in [1.82, 2.24) is 25.3 Å². The molecular weight excluding hydrogens is 855 g/mol. The molecular formula is C50H55N9O8. The number of amides is 3. The van der Waals surface area contributed by atoms with Crippen molar-refractivity contribution in [1.29, 1.82) is 0 Å². The molecule has 2 fully saturated rings. The van der Waals surface area contributed by atoms with Crippen LogP contribution in [0.25, 0.3) is 11.3 Å². The lowest BCUT2D eigenvalue weighted by molar-refractivity contribution is -0.137. The zero-order chi connectivity index (χ0) is 46.9. The van der Waals surface area contributed by atoms with Gasteiger partial charge in [0.15, 0.2) is 23.1 Å². The van der Waals surface area contributed by atoms with Gasteiger partial charge in [0, 0.05) is 80.9 Å². The highest BCUT2D eigenvalue weighted by Crippen LogP contribution is 2.42. The van der Waals surface area contributed by atoms with Gasteiger partial charge in [-0.25, -0.2) is 0 Å². The highest BCUT2D eigenvalue weighted by atomic mass is 16.5. The molecule has 17 heteroatoms. The maximum absolute atomic E-state index is 13.2. The predicted octanol–water partition coefficient (Wildman–Crippen LogP) is 7.14. The summed E-state index contributed by atoms with van der Waals surface area (Å²) in [5.74, 6) is 0.954. The van der Waals surface area contributed by atoms with E-state index in [0.29, 0.717) is 59.3 Å². The highest BCUT2D eigenvalue weighted by molar-refractivity contribution is 6.06. The minimum absolute atomic E-state index is 0.0598. The van der Waals surface area contributed by atoms with Gasteiger partial charge in [0.05, 0.1) is 43.6 Å². The second kappa shape index (κ2) is 21.3. The molecule has 3 N–H and O–H groups in total. The molecule has 2 saturated heterocycles. The second-order valence-corrected chi connectivity index (χ2v) is 16.8. The topological polar surface area (TPSA) is 203 Å². The Balaban J connectivity index is 0.744. The Morgan fingerprint density at radius 2 is 1.58 bits per heavy atom. The van der Waals surface area contributed by atoms with Crippen molar-refractivity contribution in [3.8, 4) is 34.3 Å². The third kappa shape index (κ3) is 11.0. The fourth-order valence-corrected chi connectivity index (χ4v) is 8.59. The van der Waals surface area contributed by atoms with Crippen molar-refractivity contribution in [2.24, 2.45) is 10.2 Å². The van der Waals surface area contributed by atoms with Crippen molar-refractivity contribution in [3.63, 3.8) is 0 Å². The predicted molar refractivity (Wildman–Crippen MR) is 251 cm³/mol. The Labute approximate surface area is 389 Å². The van der Waals surface area contributed by atoms with Crippen molar-refractivity contribution in [2.75, 3.05) is 64.2 Å². The third-order valence-corrected chi connectivity index (χ3v) is 12.3. The molecule has 0 radical (unpaired) electrons. The van der Waals surface area contributed by atoms with E-state index in [-0.39, 0.29) is 49.3 Å². The van der Waals surface area contributed by atoms with E-state index in [1.54, 1.807) is 30.3 Å². The number of ether oxygens (including phenoxy) is 4. The van der Waals surface area contributed by atoms with Gasteiger partial charge in [0.25, 0.3) is 5.91 Å². The van der Waals surface area contributed by atoms with Gasteiger partial charge in [-0.2, -0.15) is 10.2 Å². The van der Waals surface area contributed by atoms with Crippen LogP contribution in [0.2, 0.25) is 0 Å². The van der Waals surface area contributed by atoms with Crippen LogP contribution >= 0.6 is 0 Å². The smallest absolute Gasteiger partial charge is 0.255 e. The van der Waals surface area contributed by atoms with E-state index < -0.39 is 11.9 Å². The fourth-order valence-electron chi connectivity index (χ4n) is 8.59. The number of azo groups is 1. The summed E-state index contributed by atoms with van der Waals surface area (Å²) >= 11 is 0. The van der Waals surface area contributed by atoms with Crippen LogP contribution in [0.1, 0.15) is 65.6 Å². The number of unbranched alkanes of at least 4 members (excludes halogenated alkanes) is 2. The molecule has 0 aliphatic carbocycles. The number of piperidine rings is 1. The van der Waals surface area contributed by atoms with Gasteiger partial charge in [-0.1, -0.05) is 42.5 Å². The SMILES string of the molecule is COc1cc(N=Nc2cccc3c2CN(C2CCC(=O)NC2=O)C3=O)cc(OC)c1OCC(=O)CCCCCOc1ccc(CN2CCN(c3cc(-c4ccccc4C)nnc3N)CC2)cc1. The molecule has 67 heavy (non-hydrogen) atoms. The fraction of sp³-hybridized carbons (Fsp3) is 0.360. The minimum atomic E-state index is -0.740. The molecule has 0 bridgehead atoms. The number of carbonyl (C=O) groups excluding carboxylic acids is 4. The van der Waals surface area contributed by atoms with E-state index in [1.807, 2.05) is 24.3 Å². The molecule has 348 valence electrons. The zero-order valence-corrected chi connectivity index (χ0v) is 38.0. The number of carbonyl (C=O) groups is 4. The van der Waals surface area contributed by atoms with Gasteiger partial charge in [-0.15, -0.1) is 10.2 Å². The van der Waals surface area contributed by atoms with Crippen molar-refractivity contribution in [3.05, 3.63) is 107 Å². The minimum Gasteiger partial charge on any atom is -0.494 e. The van der Waals surface area contributed by atoms with E-state index in [0.717, 1.165) is 73.8 Å². The lowest BCUT2D eigenvalue weighted by atomic mass is 10.0. The molecule has 17 nitrogen and oxygen atoms in total. The standard InChI is InChI=1S/C50H55N9O8/c1-32-10-6-7-12-37(32)41-28-43(48(51)56-55-41)58-23-21-57(22-24-58)29-33-15-17-36(18-16-33)66-25-8-4-5-11-35(60)31-67-47-44(64-2)26-34(27-45(47)65-3)53-54-40-14-9-13-38-39(40)30-59(50(38)63)42-19-20-46(61)52-49(42)62/h6-7,9-10,12-18,26-28,42H,4-5,8,11,19-25,29-31H2,1-3H3,(H2,51,56)(H,52,61,62). The van der Waals surface area contributed by atoms with Crippen LogP contribution < -0.4 is 34.9 Å². The Bertz CT molecular complexity index is 2620. The Morgan fingerprint density at radius 3 is 2.31 bits per heavy atom. The lowest BCUT2D eigenvalue weighted by Crippen LogP contribution is -2.52. The van der Waals surface area contributed by atoms with E-state index in [4.69, 9.17) is 24.7 Å². The number of ketones is 1. The van der Waals surface area contributed by atoms with Gasteiger partial charge in [-0.3, -0.25) is 29.4 Å². The van der Waals surface area contributed by atoms with Gasteiger partial charge in [0.2, 0.25) is 17.6 Å². The van der Waals surface area contributed by atoms with Gasteiger partial charge >= 0.3 is 0 Å². The summed E-state index contributed by atoms with van der Waals surface area (Å²) in [6.07, 6.45) is 3.11. The second-order valence-electron chi connectivity index (χ2n) is 16.8. The average molecular weight is 910 g/mol. The first-order chi connectivity index (χ1) is 32.6. The third-order valence-electron chi connectivity index (χ3n) is 12.3. The molecule has 1 unspecified atom stereocenters. The molecule has 3 aliphatic heterocycles. The van der Waals surface area contributed by atoms with Gasteiger partial charge < -0.3 is 34.5 Å². The molecule has 0 spiro atoms. The zero-order valence-electron chi connectivity index (χ0n) is 38.0. The van der Waals surface area contributed by atoms with E-state index in [1.165, 1.54) is 24.7 Å². The number of piperazine rings is 1. The number of hydrogen-bond donors (Lipinski definition) is 2. The number of rotatable bonds is 19. The van der Waals surface area contributed by atoms with Crippen LogP contribution in [0, 0.1) is 6.92 Å². The first kappa shape index (κ1) is 46.1. The number of methoxy groups -OCH3 is 2. The van der Waals surface area contributed by atoms with Gasteiger partial charge in [-0.05, 0) is 74.1 Å². The quantitative estimate of drug-likeness (QED) is 0.0481. The maximum atomic E-state index is 13.2. The number of aryl methyl sites for hydroxylation is 1. The summed E-state index contributed by atoms with van der Waals surface area (Å²) in [6, 6.07) is 26.1. The van der Waals surface area contributed by atoms with Gasteiger partial charge in [0.1, 0.15) is 18.4 Å². The number of nitrogens with two attached hydrogens (primary N) is 1. The van der Waals surface area contributed by atoms with Crippen LogP contribution in [0.3, 0.4) is 0 Å². The van der Waals surface area contributed by atoms with Crippen molar-refractivity contribution >= 4 is 46.4 Å². The number of aromatic nitrogens is 2. The number of nitrogen functional groups attached to an aromatic ring is 1. The number of Topliss-reactive ketones (excluding diaryl/α,β-unsaturated/α-hetero) is 1. The largest absolute Gasteiger partial charge is 0.494 e. The van der Waals surface area contributed by atoms with E-state index in [2.05, 4.69) is 72.8 Å². The summed E-state index contributed by atoms with van der Waals surface area (Å²) < 4.78 is 23.1. The number of nitrogens with zero attached hydrogens (tertiary/aromatic N) is 7. The summed E-state index contributed by atoms with van der Waals surface area (Å²) in [6.45, 7) is 6.97. The van der Waals surface area contributed by atoms with Crippen LogP contribution in [-0.4, -0.2) is 103 Å². The summed E-state index contributed by atoms with van der Waals surface area (Å²) in [7, 11) is 2.95. The molecule has 1 atom stereocenters. The monoisotopic (exact) mass is 909 g/mol. The molecule has 3 aliphatic rings. The molecule has 0 saturated carbocycles. The first-order valence-corrected chi connectivity index (χ1v) is 22.6. The average Bonchev–Trinajstić information content (AvgIpc) is 3.68. The number of benzene rings is 4. The molecule has 4 heterocycles. The summed E-state index contributed by atoms with van der Waals surface area (Å²) in [5.41, 5.74) is 13.4. The number of hydrogen-bond acceptors (Lipinski definition) is 15. The van der Waals surface area contributed by atoms with Crippen LogP contribution in [0.5, 0.6) is 23.0 Å². The molecule has 8 rings (SSSR count). The van der Waals surface area contributed by atoms with Crippen LogP contribution in [0.4, 0.5) is 22.9 Å².